The van der Waals surface area contributed by atoms with Crippen molar-refractivity contribution in [3.8, 4) is 17.2 Å². The van der Waals surface area contributed by atoms with Gasteiger partial charge in [-0.05, 0) is 37.2 Å². The maximum absolute atomic E-state index is 13.1. The minimum Gasteiger partial charge on any atom is -0.507 e. The van der Waals surface area contributed by atoms with Gasteiger partial charge in [0.15, 0.2) is 5.78 Å². The number of benzene rings is 2. The molecule has 0 aromatic heterocycles. The van der Waals surface area contributed by atoms with Gasteiger partial charge in [-0.2, -0.15) is 0 Å². The van der Waals surface area contributed by atoms with Crippen LogP contribution in [0.15, 0.2) is 48.0 Å². The highest BCUT2D eigenvalue weighted by Crippen LogP contribution is 2.51. The Morgan fingerprint density at radius 2 is 1.93 bits per heavy atom. The highest BCUT2D eigenvalue weighted by molar-refractivity contribution is 6.03. The summed E-state index contributed by atoms with van der Waals surface area (Å²) in [6.45, 7) is 6.56. The van der Waals surface area contributed by atoms with E-state index in [2.05, 4.69) is 26.8 Å². The lowest BCUT2D eigenvalue weighted by atomic mass is 9.71. The summed E-state index contributed by atoms with van der Waals surface area (Å²) in [6.07, 6.45) is 4.21. The van der Waals surface area contributed by atoms with E-state index in [1.165, 1.54) is 5.57 Å². The van der Waals surface area contributed by atoms with Crippen molar-refractivity contribution in [2.24, 2.45) is 11.8 Å². The van der Waals surface area contributed by atoms with Gasteiger partial charge in [0, 0.05) is 17.5 Å². The van der Waals surface area contributed by atoms with Crippen LogP contribution in [0, 0.1) is 11.8 Å². The van der Waals surface area contributed by atoms with E-state index in [0.29, 0.717) is 28.9 Å². The number of aromatic hydroxyl groups is 1. The molecule has 0 radical (unpaired) electrons. The number of ether oxygens (including phenoxy) is 2. The molecule has 1 N–H and O–H groups in total. The SMILES string of the molecule is COc1cc2c(c(O)c1[C@H]1C=C(C)CC[C@@H]1C(C)C)C(=O)CC(c1ccccc1)O2. The van der Waals surface area contributed by atoms with Crippen LogP contribution in [0.3, 0.4) is 0 Å². The zero-order valence-corrected chi connectivity index (χ0v) is 18.1. The fraction of sp³-hybridized carbons (Fsp3) is 0.423. The van der Waals surface area contributed by atoms with Crippen molar-refractivity contribution >= 4 is 5.78 Å². The lowest BCUT2D eigenvalue weighted by molar-refractivity contribution is 0.0844. The second-order valence-corrected chi connectivity index (χ2v) is 8.84. The number of fused-ring (bicyclic) bond motifs is 1. The number of rotatable bonds is 4. The Bertz CT molecular complexity index is 974. The number of hydrogen-bond donors (Lipinski definition) is 1. The first-order valence-corrected chi connectivity index (χ1v) is 10.8. The van der Waals surface area contributed by atoms with E-state index in [-0.39, 0.29) is 35.5 Å². The first-order chi connectivity index (χ1) is 14.4. The number of methoxy groups -OCH3 is 1. The van der Waals surface area contributed by atoms with Crippen molar-refractivity contribution in [2.75, 3.05) is 7.11 Å². The summed E-state index contributed by atoms with van der Waals surface area (Å²) in [5.41, 5.74) is 3.26. The monoisotopic (exact) mass is 406 g/mol. The third-order valence-corrected chi connectivity index (χ3v) is 6.56. The smallest absolute Gasteiger partial charge is 0.174 e. The van der Waals surface area contributed by atoms with Gasteiger partial charge >= 0.3 is 0 Å². The van der Waals surface area contributed by atoms with Crippen molar-refractivity contribution < 1.29 is 19.4 Å². The molecule has 158 valence electrons. The van der Waals surface area contributed by atoms with Gasteiger partial charge in [-0.1, -0.05) is 55.8 Å². The molecule has 3 atom stereocenters. The van der Waals surface area contributed by atoms with Crippen molar-refractivity contribution in [1.29, 1.82) is 0 Å². The molecule has 0 spiro atoms. The quantitative estimate of drug-likeness (QED) is 0.614. The van der Waals surface area contributed by atoms with E-state index >= 15 is 0 Å². The van der Waals surface area contributed by atoms with Gasteiger partial charge in [0.25, 0.3) is 0 Å². The third-order valence-electron chi connectivity index (χ3n) is 6.56. The molecule has 1 heterocycles. The molecule has 2 aliphatic rings. The van der Waals surface area contributed by atoms with Crippen LogP contribution in [0.1, 0.15) is 73.5 Å². The van der Waals surface area contributed by atoms with E-state index in [4.69, 9.17) is 9.47 Å². The van der Waals surface area contributed by atoms with Crippen molar-refractivity contribution in [3.63, 3.8) is 0 Å². The molecule has 1 aliphatic heterocycles. The number of carbonyl (C=O) groups excluding carboxylic acids is 1. The predicted octanol–water partition coefficient (Wildman–Crippen LogP) is 6.20. The first-order valence-electron chi connectivity index (χ1n) is 10.8. The second kappa shape index (κ2) is 8.17. The Balaban J connectivity index is 1.81. The van der Waals surface area contributed by atoms with Crippen LogP contribution >= 0.6 is 0 Å². The van der Waals surface area contributed by atoms with Gasteiger partial charge in [-0.3, -0.25) is 4.79 Å². The van der Waals surface area contributed by atoms with Crippen LogP contribution in [0.5, 0.6) is 17.2 Å². The number of ketones is 1. The van der Waals surface area contributed by atoms with Crippen LogP contribution < -0.4 is 9.47 Å². The van der Waals surface area contributed by atoms with E-state index in [0.717, 1.165) is 18.4 Å². The largest absolute Gasteiger partial charge is 0.507 e. The highest BCUT2D eigenvalue weighted by Gasteiger charge is 2.37. The maximum Gasteiger partial charge on any atom is 0.174 e. The standard InChI is InChI=1S/C26H30O4/c1-15(2)18-11-10-16(3)12-19(18)24-22(29-4)14-23-25(26(24)28)20(27)13-21(30-23)17-8-6-5-7-9-17/h5-9,12,14-15,18-19,21,28H,10-11,13H2,1-4H3/t18-,19+,21?/m1/s1. The molecular weight excluding hydrogens is 376 g/mol. The fourth-order valence-corrected chi connectivity index (χ4v) is 4.94. The lowest BCUT2D eigenvalue weighted by Crippen LogP contribution is -2.24. The summed E-state index contributed by atoms with van der Waals surface area (Å²) in [7, 11) is 1.60. The van der Waals surface area contributed by atoms with Crippen LogP contribution in [0.4, 0.5) is 0 Å². The number of Topliss-reactive ketones (excluding diaryl/α,β-unsaturated/α-hetero) is 1. The molecule has 30 heavy (non-hydrogen) atoms. The second-order valence-electron chi connectivity index (χ2n) is 8.84. The Morgan fingerprint density at radius 3 is 2.60 bits per heavy atom. The number of phenolic OH excluding ortho intramolecular Hbond substituents is 1. The number of phenols is 1. The summed E-state index contributed by atoms with van der Waals surface area (Å²) in [5.74, 6) is 1.74. The average Bonchev–Trinajstić information content (AvgIpc) is 2.73. The van der Waals surface area contributed by atoms with Crippen LogP contribution in [0.2, 0.25) is 0 Å². The molecule has 1 aliphatic carbocycles. The Kier molecular flexibility index (Phi) is 5.59. The molecular formula is C26H30O4. The van der Waals surface area contributed by atoms with Gasteiger partial charge in [-0.25, -0.2) is 0 Å². The molecule has 4 heteroatoms. The zero-order chi connectivity index (χ0) is 21.4. The predicted molar refractivity (Wildman–Crippen MR) is 117 cm³/mol. The summed E-state index contributed by atoms with van der Waals surface area (Å²) >= 11 is 0. The fourth-order valence-electron chi connectivity index (χ4n) is 4.94. The maximum atomic E-state index is 13.1. The molecule has 0 bridgehead atoms. The summed E-state index contributed by atoms with van der Waals surface area (Å²) in [5, 5.41) is 11.3. The molecule has 4 nitrogen and oxygen atoms in total. The van der Waals surface area contributed by atoms with Gasteiger partial charge in [0.2, 0.25) is 0 Å². The number of allylic oxidation sites excluding steroid dienone is 2. The minimum absolute atomic E-state index is 0.0126. The molecule has 2 aromatic carbocycles. The molecule has 4 rings (SSSR count). The number of carbonyl (C=O) groups is 1. The molecule has 2 aromatic rings. The van der Waals surface area contributed by atoms with E-state index in [9.17, 15) is 9.90 Å². The lowest BCUT2D eigenvalue weighted by Gasteiger charge is -2.35. The Hall–Kier alpha value is -2.75. The normalized spacial score (nSPS) is 23.6. The molecule has 0 amide bonds. The average molecular weight is 407 g/mol. The molecule has 0 saturated carbocycles. The first kappa shape index (κ1) is 20.5. The summed E-state index contributed by atoms with van der Waals surface area (Å²) in [6, 6.07) is 11.5. The highest BCUT2D eigenvalue weighted by atomic mass is 16.5. The van der Waals surface area contributed by atoms with Gasteiger partial charge in [-0.15, -0.1) is 0 Å². The molecule has 0 saturated heterocycles. The van der Waals surface area contributed by atoms with E-state index in [1.807, 2.05) is 30.3 Å². The van der Waals surface area contributed by atoms with Crippen LogP contribution in [-0.4, -0.2) is 18.0 Å². The molecule has 1 unspecified atom stereocenters. The van der Waals surface area contributed by atoms with Gasteiger partial charge in [0.05, 0.1) is 13.5 Å². The van der Waals surface area contributed by atoms with Crippen LogP contribution in [0.25, 0.3) is 0 Å². The van der Waals surface area contributed by atoms with Gasteiger partial charge in [0.1, 0.15) is 28.9 Å². The topological polar surface area (TPSA) is 55.8 Å². The molecule has 0 fully saturated rings. The Labute approximate surface area is 178 Å². The summed E-state index contributed by atoms with van der Waals surface area (Å²) < 4.78 is 11.9. The number of hydrogen-bond acceptors (Lipinski definition) is 4. The third kappa shape index (κ3) is 3.60. The minimum atomic E-state index is -0.360. The van der Waals surface area contributed by atoms with E-state index < -0.39 is 0 Å². The van der Waals surface area contributed by atoms with Gasteiger partial charge < -0.3 is 14.6 Å². The van der Waals surface area contributed by atoms with Crippen molar-refractivity contribution in [3.05, 3.63) is 64.7 Å². The van der Waals surface area contributed by atoms with Crippen molar-refractivity contribution in [1.82, 2.24) is 0 Å². The van der Waals surface area contributed by atoms with Crippen molar-refractivity contribution in [2.45, 2.75) is 52.1 Å². The zero-order valence-electron chi connectivity index (χ0n) is 18.1. The van der Waals surface area contributed by atoms with Crippen LogP contribution in [-0.2, 0) is 0 Å². The summed E-state index contributed by atoms with van der Waals surface area (Å²) in [4.78, 5) is 13.1. The Morgan fingerprint density at radius 1 is 1.20 bits per heavy atom. The van der Waals surface area contributed by atoms with E-state index in [1.54, 1.807) is 13.2 Å².